The maximum atomic E-state index is 11.6. The third-order valence-corrected chi connectivity index (χ3v) is 2.68. The fourth-order valence-electron chi connectivity index (χ4n) is 1.85. The van der Waals surface area contributed by atoms with Crippen LogP contribution in [0.1, 0.15) is 0 Å². The summed E-state index contributed by atoms with van der Waals surface area (Å²) in [5.74, 6) is -3.88. The topological polar surface area (TPSA) is 198 Å². The highest BCUT2D eigenvalue weighted by Crippen LogP contribution is 2.00. The molecule has 12 nitrogen and oxygen atoms in total. The molecule has 0 atom stereocenters. The number of hydrogen-bond donors (Lipinski definition) is 4. The van der Waals surface area contributed by atoms with Gasteiger partial charge in [0.05, 0.1) is 26.2 Å². The summed E-state index contributed by atoms with van der Waals surface area (Å²) >= 11 is 0. The van der Waals surface area contributed by atoms with E-state index in [4.69, 9.17) is 19.7 Å². The Morgan fingerprint density at radius 1 is 1.00 bits per heavy atom. The van der Waals surface area contributed by atoms with E-state index >= 15 is 0 Å². The number of carbonyl (C=O) groups is 4. The number of ether oxygens (including phenoxy) is 2. The number of nitrogens with zero attached hydrogens (tertiary/aromatic N) is 2. The Morgan fingerprint density at radius 3 is 1.65 bits per heavy atom. The number of cyclic esters (lactones) is 2. The molecule has 1 fully saturated rings. The number of aliphatic carboxylic acids is 2. The molecule has 23 heavy (non-hydrogen) atoms. The van der Waals surface area contributed by atoms with E-state index in [0.29, 0.717) is 0 Å². The molecule has 0 aromatic rings. The minimum Gasteiger partial charge on any atom is -0.480 e. The van der Waals surface area contributed by atoms with E-state index in [2.05, 4.69) is 5.73 Å². The van der Waals surface area contributed by atoms with Crippen molar-refractivity contribution < 1.29 is 44.6 Å². The van der Waals surface area contributed by atoms with Crippen LogP contribution in [-0.4, -0.2) is 89.6 Å². The summed E-state index contributed by atoms with van der Waals surface area (Å²) in [4.78, 5) is 47.3. The molecule has 1 rings (SSSR count). The number of esters is 2. The number of quaternary nitrogens is 2. The molecule has 0 unspecified atom stereocenters. The van der Waals surface area contributed by atoms with Gasteiger partial charge in [-0.3, -0.25) is 34.7 Å². The lowest BCUT2D eigenvalue weighted by molar-refractivity contribution is -0.542. The van der Waals surface area contributed by atoms with E-state index in [1.807, 2.05) is 0 Å². The molecule has 0 aliphatic carbocycles. The van der Waals surface area contributed by atoms with Crippen LogP contribution in [0.25, 0.3) is 0 Å². The molecular formula is C11H22N4O8+2. The summed E-state index contributed by atoms with van der Waals surface area (Å²) < 4.78 is 9.44. The standard InChI is InChI=1S/C11H17N3O8.H3N/c12-11-21-9(19)5-13(3-7(15)16)1-2-14(4-8(17)18)6-10(20)22-11;/h11H,1-6,12H2,(H,15,16)(H,17,18);1H3/p+2. The zero-order valence-corrected chi connectivity index (χ0v) is 12.8. The van der Waals surface area contributed by atoms with E-state index in [-0.39, 0.29) is 32.3 Å². The molecule has 0 aromatic heterocycles. The SMILES string of the molecule is [NH3+]C1OC(=O)CN(CC(=O)O)CCN(CC(=O)O)CC(=O)O1.[NH4+]. The molecule has 0 amide bonds. The molecule has 1 heterocycles. The van der Waals surface area contributed by atoms with E-state index in [0.717, 1.165) is 0 Å². The molecule has 1 saturated heterocycles. The van der Waals surface area contributed by atoms with Gasteiger partial charge in [0.1, 0.15) is 0 Å². The minimum absolute atomic E-state index is 0. The zero-order chi connectivity index (χ0) is 16.7. The van der Waals surface area contributed by atoms with Gasteiger partial charge < -0.3 is 25.8 Å². The molecule has 9 N–H and O–H groups in total. The van der Waals surface area contributed by atoms with Crippen LogP contribution in [0.3, 0.4) is 0 Å². The van der Waals surface area contributed by atoms with Crippen molar-refractivity contribution >= 4 is 23.9 Å². The fourth-order valence-corrected chi connectivity index (χ4v) is 1.85. The summed E-state index contributed by atoms with van der Waals surface area (Å²) in [6, 6.07) is 0. The Balaban J connectivity index is 0.00000484. The number of rotatable bonds is 4. The summed E-state index contributed by atoms with van der Waals surface area (Å²) in [6.07, 6.45) is -1.38. The second kappa shape index (κ2) is 9.68. The van der Waals surface area contributed by atoms with Crippen molar-refractivity contribution in [2.24, 2.45) is 0 Å². The molecule has 0 saturated carbocycles. The first-order valence-electron chi connectivity index (χ1n) is 6.36. The van der Waals surface area contributed by atoms with Gasteiger partial charge in [-0.25, -0.2) is 0 Å². The first-order chi connectivity index (χ1) is 10.3. The highest BCUT2D eigenvalue weighted by Gasteiger charge is 2.25. The van der Waals surface area contributed by atoms with E-state index in [1.165, 1.54) is 9.80 Å². The van der Waals surface area contributed by atoms with Crippen LogP contribution in [-0.2, 0) is 28.7 Å². The van der Waals surface area contributed by atoms with Gasteiger partial charge in [0, 0.05) is 13.1 Å². The van der Waals surface area contributed by atoms with Gasteiger partial charge in [0.2, 0.25) is 0 Å². The monoisotopic (exact) mass is 338 g/mol. The molecule has 0 bridgehead atoms. The summed E-state index contributed by atoms with van der Waals surface area (Å²) in [7, 11) is 0. The molecular weight excluding hydrogens is 316 g/mol. The van der Waals surface area contributed by atoms with E-state index in [9.17, 15) is 19.2 Å². The third-order valence-electron chi connectivity index (χ3n) is 2.68. The predicted octanol–water partition coefficient (Wildman–Crippen LogP) is -3.24. The average Bonchev–Trinajstić information content (AvgIpc) is 2.34. The van der Waals surface area contributed by atoms with Crippen LogP contribution in [0.15, 0.2) is 0 Å². The van der Waals surface area contributed by atoms with Crippen LogP contribution in [0.2, 0.25) is 0 Å². The fraction of sp³-hybridized carbons (Fsp3) is 0.636. The summed E-state index contributed by atoms with van der Waals surface area (Å²) in [5, 5.41) is 17.6. The van der Waals surface area contributed by atoms with Gasteiger partial charge in [-0.15, -0.1) is 0 Å². The van der Waals surface area contributed by atoms with Gasteiger partial charge in [-0.05, 0) is 0 Å². The van der Waals surface area contributed by atoms with Gasteiger partial charge in [0.15, 0.2) is 0 Å². The minimum atomic E-state index is -1.38. The van der Waals surface area contributed by atoms with Gasteiger partial charge >= 0.3 is 30.3 Å². The second-order valence-corrected chi connectivity index (χ2v) is 4.62. The lowest BCUT2D eigenvalue weighted by Crippen LogP contribution is -2.65. The number of carboxylic acids is 2. The molecule has 0 aromatic carbocycles. The maximum Gasteiger partial charge on any atom is 0.393 e. The number of hydrogen-bond acceptors (Lipinski definition) is 8. The van der Waals surface area contributed by atoms with E-state index < -0.39 is 43.4 Å². The lowest BCUT2D eigenvalue weighted by atomic mass is 10.4. The average molecular weight is 338 g/mol. The first-order valence-corrected chi connectivity index (χ1v) is 6.36. The maximum absolute atomic E-state index is 11.6. The highest BCUT2D eigenvalue weighted by molar-refractivity contribution is 5.75. The molecule has 12 heteroatoms. The largest absolute Gasteiger partial charge is 0.480 e. The molecule has 0 spiro atoms. The smallest absolute Gasteiger partial charge is 0.393 e. The number of carbonyl (C=O) groups excluding carboxylic acids is 2. The van der Waals surface area contributed by atoms with E-state index in [1.54, 1.807) is 0 Å². The Kier molecular flexibility index (Phi) is 8.72. The Morgan fingerprint density at radius 2 is 1.35 bits per heavy atom. The number of carboxylic acid groups (broad SMARTS) is 2. The van der Waals surface area contributed by atoms with Crippen LogP contribution < -0.4 is 11.9 Å². The summed E-state index contributed by atoms with van der Waals surface area (Å²) in [6.45, 7) is -1.37. The van der Waals surface area contributed by atoms with Crippen molar-refractivity contribution in [2.45, 2.75) is 6.41 Å². The van der Waals surface area contributed by atoms with Crippen LogP contribution in [0.4, 0.5) is 0 Å². The van der Waals surface area contributed by atoms with Crippen molar-refractivity contribution in [3.8, 4) is 0 Å². The highest BCUT2D eigenvalue weighted by atomic mass is 16.7. The van der Waals surface area contributed by atoms with Gasteiger partial charge in [0.25, 0.3) is 0 Å². The quantitative estimate of drug-likeness (QED) is 0.378. The van der Waals surface area contributed by atoms with Crippen molar-refractivity contribution in [3.63, 3.8) is 0 Å². The first kappa shape index (κ1) is 20.7. The van der Waals surface area contributed by atoms with Crippen LogP contribution >= 0.6 is 0 Å². The van der Waals surface area contributed by atoms with Crippen molar-refractivity contribution in [3.05, 3.63) is 0 Å². The lowest BCUT2D eigenvalue weighted by Gasteiger charge is -2.23. The van der Waals surface area contributed by atoms with Crippen molar-refractivity contribution in [1.29, 1.82) is 0 Å². The van der Waals surface area contributed by atoms with Gasteiger partial charge in [-0.1, -0.05) is 0 Å². The Bertz CT molecular complexity index is 417. The Hall–Kier alpha value is -2.28. The van der Waals surface area contributed by atoms with Crippen LogP contribution in [0, 0.1) is 0 Å². The Labute approximate surface area is 131 Å². The molecule has 132 valence electrons. The predicted molar refractivity (Wildman–Crippen MR) is 73.0 cm³/mol. The van der Waals surface area contributed by atoms with Crippen LogP contribution in [0.5, 0.6) is 0 Å². The van der Waals surface area contributed by atoms with Crippen molar-refractivity contribution in [2.75, 3.05) is 39.3 Å². The molecule has 1 aliphatic rings. The van der Waals surface area contributed by atoms with Crippen molar-refractivity contribution in [1.82, 2.24) is 16.0 Å². The molecule has 1 aliphatic heterocycles. The zero-order valence-electron chi connectivity index (χ0n) is 12.8. The second-order valence-electron chi connectivity index (χ2n) is 4.62. The molecule has 0 radical (unpaired) electrons. The normalized spacial score (nSPS) is 19.0. The summed E-state index contributed by atoms with van der Waals surface area (Å²) in [5.41, 5.74) is 3.32. The van der Waals surface area contributed by atoms with Gasteiger partial charge in [-0.2, -0.15) is 0 Å². The third kappa shape index (κ3) is 8.67.